The summed E-state index contributed by atoms with van der Waals surface area (Å²) in [7, 11) is -5.39. The zero-order valence-electron chi connectivity index (χ0n) is 15.8. The average molecular weight is 400 g/mol. The van der Waals surface area contributed by atoms with Gasteiger partial charge < -0.3 is 14.6 Å². The number of sulfonamides is 1. The monoisotopic (exact) mass is 400 g/mol. The van der Waals surface area contributed by atoms with E-state index in [9.17, 15) is 18.5 Å². The number of hydrogen-bond acceptors (Lipinski definition) is 6. The van der Waals surface area contributed by atoms with Crippen LogP contribution in [0.4, 0.5) is 0 Å². The summed E-state index contributed by atoms with van der Waals surface area (Å²) in [6.45, 7) is 5.34. The first kappa shape index (κ1) is 20.3. The average Bonchev–Trinajstić information content (AvgIpc) is 2.99. The summed E-state index contributed by atoms with van der Waals surface area (Å²) < 4.78 is 33.5. The molecule has 0 atom stereocenters. The molecular weight excluding hydrogens is 379 g/mol. The molecule has 1 aromatic heterocycles. The number of aromatic nitrogens is 1. The van der Waals surface area contributed by atoms with Crippen molar-refractivity contribution in [3.63, 3.8) is 0 Å². The molecule has 0 radical (unpaired) electrons. The van der Waals surface area contributed by atoms with Crippen LogP contribution < -0.4 is 10.2 Å². The van der Waals surface area contributed by atoms with E-state index in [4.69, 9.17) is 4.52 Å². The summed E-state index contributed by atoms with van der Waals surface area (Å²) in [6.07, 6.45) is 0. The molecule has 0 spiro atoms. The summed E-state index contributed by atoms with van der Waals surface area (Å²) >= 11 is 0. The van der Waals surface area contributed by atoms with Crippen LogP contribution in [0.25, 0.3) is 11.1 Å². The van der Waals surface area contributed by atoms with Gasteiger partial charge in [0, 0.05) is 12.1 Å². The number of aryl methyl sites for hydroxylation is 3. The normalized spacial score (nSPS) is 11.6. The van der Waals surface area contributed by atoms with Crippen molar-refractivity contribution in [3.05, 3.63) is 65.0 Å². The molecular formula is C19H21BN2O5S. The minimum Gasteiger partial charge on any atom is -0.423 e. The van der Waals surface area contributed by atoms with Gasteiger partial charge in [-0.2, -0.15) is 0 Å². The van der Waals surface area contributed by atoms with Crippen LogP contribution in [0.15, 0.2) is 51.9 Å². The van der Waals surface area contributed by atoms with E-state index in [0.29, 0.717) is 33.6 Å². The lowest BCUT2D eigenvalue weighted by Gasteiger charge is -2.12. The highest BCUT2D eigenvalue weighted by molar-refractivity contribution is 7.89. The maximum atomic E-state index is 12.9. The van der Waals surface area contributed by atoms with E-state index in [-0.39, 0.29) is 11.4 Å². The predicted octanol–water partition coefficient (Wildman–Crippen LogP) is 1.43. The molecule has 2 aromatic carbocycles. The van der Waals surface area contributed by atoms with Crippen molar-refractivity contribution in [3.8, 4) is 11.1 Å². The van der Waals surface area contributed by atoms with Crippen molar-refractivity contribution in [1.82, 2.24) is 9.88 Å². The molecule has 146 valence electrons. The first-order chi connectivity index (χ1) is 13.2. The van der Waals surface area contributed by atoms with Crippen LogP contribution in [0.1, 0.15) is 22.6 Å². The van der Waals surface area contributed by atoms with Crippen molar-refractivity contribution in [2.45, 2.75) is 32.2 Å². The lowest BCUT2D eigenvalue weighted by molar-refractivity contribution is 0.393. The highest BCUT2D eigenvalue weighted by Gasteiger charge is 2.20. The minimum atomic E-state index is -3.79. The number of nitrogens with one attached hydrogen (secondary N) is 1. The van der Waals surface area contributed by atoms with E-state index in [1.54, 1.807) is 57.2 Å². The first-order valence-corrected chi connectivity index (χ1v) is 10.2. The molecule has 0 fully saturated rings. The van der Waals surface area contributed by atoms with Crippen LogP contribution in [0.3, 0.4) is 0 Å². The van der Waals surface area contributed by atoms with Gasteiger partial charge in [0.05, 0.1) is 10.6 Å². The highest BCUT2D eigenvalue weighted by atomic mass is 32.2. The van der Waals surface area contributed by atoms with Gasteiger partial charge in [-0.15, -0.1) is 0 Å². The molecule has 0 aliphatic heterocycles. The Morgan fingerprint density at radius 3 is 2.50 bits per heavy atom. The fraction of sp³-hybridized carbons (Fsp3) is 0.211. The first-order valence-electron chi connectivity index (χ1n) is 8.67. The smallest absolute Gasteiger partial charge is 0.423 e. The second-order valence-electron chi connectivity index (χ2n) is 6.62. The molecule has 1 heterocycles. The molecule has 0 amide bonds. The summed E-state index contributed by atoms with van der Waals surface area (Å²) in [5.74, 6) is 0.622. The second kappa shape index (κ2) is 7.88. The van der Waals surface area contributed by atoms with Crippen molar-refractivity contribution in [2.75, 3.05) is 0 Å². The molecule has 9 heteroatoms. The van der Waals surface area contributed by atoms with Gasteiger partial charge in [-0.05, 0) is 49.0 Å². The van der Waals surface area contributed by atoms with Gasteiger partial charge in [-0.1, -0.05) is 41.6 Å². The molecule has 3 aromatic rings. The van der Waals surface area contributed by atoms with Gasteiger partial charge in [0.1, 0.15) is 5.76 Å². The van der Waals surface area contributed by atoms with Crippen LogP contribution in [0.5, 0.6) is 0 Å². The van der Waals surface area contributed by atoms with Gasteiger partial charge in [-0.3, -0.25) is 0 Å². The Morgan fingerprint density at radius 2 is 1.86 bits per heavy atom. The van der Waals surface area contributed by atoms with Crippen LogP contribution in [-0.2, 0) is 16.6 Å². The number of nitrogens with zero attached hydrogens (tertiary/aromatic N) is 1. The molecule has 3 N–H and O–H groups in total. The van der Waals surface area contributed by atoms with Crippen molar-refractivity contribution in [2.24, 2.45) is 0 Å². The van der Waals surface area contributed by atoms with Gasteiger partial charge in [-0.25, -0.2) is 13.1 Å². The molecule has 0 aliphatic rings. The Balaban J connectivity index is 1.90. The molecule has 0 saturated heterocycles. The minimum absolute atomic E-state index is 0.0257. The maximum absolute atomic E-state index is 12.9. The van der Waals surface area contributed by atoms with Crippen LogP contribution >= 0.6 is 0 Å². The van der Waals surface area contributed by atoms with Gasteiger partial charge in [0.2, 0.25) is 10.0 Å². The van der Waals surface area contributed by atoms with Crippen LogP contribution in [-0.4, -0.2) is 30.7 Å². The largest absolute Gasteiger partial charge is 0.488 e. The van der Waals surface area contributed by atoms with Crippen molar-refractivity contribution >= 4 is 22.6 Å². The number of hydrogen-bond donors (Lipinski definition) is 3. The molecule has 0 unspecified atom stereocenters. The molecule has 0 bridgehead atoms. The summed E-state index contributed by atoms with van der Waals surface area (Å²) in [6, 6.07) is 11.6. The molecule has 28 heavy (non-hydrogen) atoms. The highest BCUT2D eigenvalue weighted by Crippen LogP contribution is 2.30. The zero-order valence-corrected chi connectivity index (χ0v) is 16.6. The van der Waals surface area contributed by atoms with Gasteiger partial charge in [0.25, 0.3) is 0 Å². The van der Waals surface area contributed by atoms with E-state index >= 15 is 0 Å². The van der Waals surface area contributed by atoms with E-state index in [2.05, 4.69) is 9.88 Å². The molecule has 3 rings (SSSR count). The van der Waals surface area contributed by atoms with E-state index in [0.717, 1.165) is 5.56 Å². The van der Waals surface area contributed by atoms with Gasteiger partial charge in [0.15, 0.2) is 0 Å². The SMILES string of the molecule is Cc1ccc(-c2c(C)noc2C)cc1S(=O)(=O)NCc1cccc(B(O)O)c1. The summed E-state index contributed by atoms with van der Waals surface area (Å²) in [4.78, 5) is 0.170. The van der Waals surface area contributed by atoms with E-state index < -0.39 is 17.1 Å². The number of benzene rings is 2. The fourth-order valence-corrected chi connectivity index (χ4v) is 4.35. The lowest BCUT2D eigenvalue weighted by Crippen LogP contribution is -2.31. The Bertz CT molecular complexity index is 1090. The third-order valence-electron chi connectivity index (χ3n) is 4.52. The Kier molecular flexibility index (Phi) is 5.71. The summed E-state index contributed by atoms with van der Waals surface area (Å²) in [5, 5.41) is 22.4. The van der Waals surface area contributed by atoms with E-state index in [1.165, 1.54) is 0 Å². The molecule has 0 aliphatic carbocycles. The van der Waals surface area contributed by atoms with Crippen molar-refractivity contribution < 1.29 is 23.0 Å². The fourth-order valence-electron chi connectivity index (χ4n) is 3.06. The van der Waals surface area contributed by atoms with E-state index in [1.807, 2.05) is 6.07 Å². The van der Waals surface area contributed by atoms with Crippen LogP contribution in [0.2, 0.25) is 0 Å². The second-order valence-corrected chi connectivity index (χ2v) is 8.36. The quantitative estimate of drug-likeness (QED) is 0.540. The standard InChI is InChI=1S/C19H21BN2O5S/c1-12-7-8-16(19-13(2)22-27-14(19)3)10-18(12)28(25,26)21-11-15-5-4-6-17(9-15)20(23)24/h4-10,21,23-24H,11H2,1-3H3. The Morgan fingerprint density at radius 1 is 1.11 bits per heavy atom. The molecule has 7 nitrogen and oxygen atoms in total. The zero-order chi connectivity index (χ0) is 20.5. The predicted molar refractivity (Wildman–Crippen MR) is 106 cm³/mol. The maximum Gasteiger partial charge on any atom is 0.488 e. The summed E-state index contributed by atoms with van der Waals surface area (Å²) in [5.41, 5.74) is 3.72. The van der Waals surface area contributed by atoms with Gasteiger partial charge >= 0.3 is 7.12 Å². The van der Waals surface area contributed by atoms with Crippen LogP contribution in [0, 0.1) is 20.8 Å². The van der Waals surface area contributed by atoms with Crippen molar-refractivity contribution in [1.29, 1.82) is 0 Å². The lowest BCUT2D eigenvalue weighted by atomic mass is 9.80. The number of rotatable bonds is 6. The Labute approximate surface area is 164 Å². The third-order valence-corrected chi connectivity index (χ3v) is 6.06. The third kappa shape index (κ3) is 4.17. The topological polar surface area (TPSA) is 113 Å². The Hall–Kier alpha value is -2.46. The molecule has 0 saturated carbocycles.